The molecule has 0 aromatic carbocycles. The number of hydrogen-bond acceptors (Lipinski definition) is 4. The second-order valence-electron chi connectivity index (χ2n) is 4.14. The summed E-state index contributed by atoms with van der Waals surface area (Å²) < 4.78 is 10.2. The van der Waals surface area contributed by atoms with Crippen LogP contribution in [0.2, 0.25) is 0 Å². The largest absolute Gasteiger partial charge is 0.383 e. The summed E-state index contributed by atoms with van der Waals surface area (Å²) in [6.07, 6.45) is 0.787. The van der Waals surface area contributed by atoms with E-state index in [1.54, 1.807) is 25.9 Å². The molecule has 5 nitrogen and oxygen atoms in total. The summed E-state index contributed by atoms with van der Waals surface area (Å²) in [5, 5.41) is 0. The van der Waals surface area contributed by atoms with Gasteiger partial charge in [0.25, 0.3) is 5.91 Å². The first kappa shape index (κ1) is 15.3. The Morgan fingerprint density at radius 3 is 2.38 bits per heavy atom. The number of ether oxygens (including phenoxy) is 2. The zero-order chi connectivity index (χ0) is 12.6. The minimum absolute atomic E-state index is 0.0273. The number of hydrogen-bond donors (Lipinski definition) is 1. The summed E-state index contributed by atoms with van der Waals surface area (Å²) in [6, 6.07) is 0. The zero-order valence-electron chi connectivity index (χ0n) is 10.8. The smallest absolute Gasteiger partial charge is 0.254 e. The Morgan fingerprint density at radius 2 is 1.94 bits per heavy atom. The zero-order valence-corrected chi connectivity index (χ0v) is 10.8. The van der Waals surface area contributed by atoms with E-state index in [4.69, 9.17) is 15.2 Å². The molecule has 0 unspecified atom stereocenters. The second kappa shape index (κ2) is 7.60. The molecule has 0 heterocycles. The fourth-order valence-electron chi connectivity index (χ4n) is 1.27. The van der Waals surface area contributed by atoms with Crippen LogP contribution in [0.1, 0.15) is 20.3 Å². The molecule has 0 rings (SSSR count). The van der Waals surface area contributed by atoms with Crippen molar-refractivity contribution >= 4 is 5.91 Å². The third-order valence-corrected chi connectivity index (χ3v) is 2.51. The van der Waals surface area contributed by atoms with Crippen molar-refractivity contribution in [2.75, 3.05) is 40.5 Å². The van der Waals surface area contributed by atoms with Crippen LogP contribution in [0, 0.1) is 0 Å². The van der Waals surface area contributed by atoms with Gasteiger partial charge < -0.3 is 20.1 Å². The van der Waals surface area contributed by atoms with Gasteiger partial charge in [-0.1, -0.05) is 0 Å². The van der Waals surface area contributed by atoms with Gasteiger partial charge in [-0.3, -0.25) is 4.79 Å². The lowest BCUT2D eigenvalue weighted by molar-refractivity contribution is -0.151. The Hall–Kier alpha value is -0.650. The van der Waals surface area contributed by atoms with Gasteiger partial charge in [0.05, 0.1) is 6.61 Å². The van der Waals surface area contributed by atoms with Gasteiger partial charge in [-0.15, -0.1) is 0 Å². The number of carbonyl (C=O) groups is 1. The first-order valence-electron chi connectivity index (χ1n) is 5.53. The van der Waals surface area contributed by atoms with Crippen LogP contribution >= 0.6 is 0 Å². The summed E-state index contributed by atoms with van der Waals surface area (Å²) in [5.41, 5.74) is 4.66. The molecule has 0 fully saturated rings. The molecule has 2 N–H and O–H groups in total. The Kier molecular flexibility index (Phi) is 7.29. The van der Waals surface area contributed by atoms with Gasteiger partial charge in [-0.2, -0.15) is 0 Å². The molecule has 5 heteroatoms. The molecule has 0 saturated carbocycles. The number of methoxy groups -OCH3 is 2. The van der Waals surface area contributed by atoms with Crippen molar-refractivity contribution in [2.45, 2.75) is 25.9 Å². The minimum atomic E-state index is -0.789. The maximum atomic E-state index is 12.1. The molecule has 0 radical (unpaired) electrons. The molecule has 0 saturated heterocycles. The highest BCUT2D eigenvalue weighted by Crippen LogP contribution is 2.12. The van der Waals surface area contributed by atoms with Crippen LogP contribution in [0.3, 0.4) is 0 Å². The van der Waals surface area contributed by atoms with Crippen LogP contribution in [0.25, 0.3) is 0 Å². The van der Waals surface area contributed by atoms with Crippen LogP contribution in [0.4, 0.5) is 0 Å². The molecular weight excluding hydrogens is 208 g/mol. The van der Waals surface area contributed by atoms with Crippen LogP contribution in [0.5, 0.6) is 0 Å². The van der Waals surface area contributed by atoms with Crippen LogP contribution in [-0.2, 0) is 14.3 Å². The van der Waals surface area contributed by atoms with Crippen molar-refractivity contribution in [1.82, 2.24) is 4.90 Å². The van der Waals surface area contributed by atoms with Crippen molar-refractivity contribution in [3.05, 3.63) is 0 Å². The van der Waals surface area contributed by atoms with Crippen LogP contribution in [0.15, 0.2) is 0 Å². The number of amides is 1. The first-order valence-corrected chi connectivity index (χ1v) is 5.53. The lowest BCUT2D eigenvalue weighted by atomic mass is 10.1. The number of nitrogens with two attached hydrogens (primary N) is 1. The molecule has 0 spiro atoms. The van der Waals surface area contributed by atoms with E-state index in [2.05, 4.69) is 0 Å². The lowest BCUT2D eigenvalue weighted by Crippen LogP contribution is -2.48. The van der Waals surface area contributed by atoms with E-state index in [0.29, 0.717) is 26.2 Å². The molecule has 16 heavy (non-hydrogen) atoms. The van der Waals surface area contributed by atoms with Crippen LogP contribution in [-0.4, -0.2) is 56.9 Å². The fourth-order valence-corrected chi connectivity index (χ4v) is 1.27. The standard InChI is InChI=1S/C11H24N2O3/c1-11(2,16-4)10(14)13(7-5-6-12)8-9-15-3/h5-9,12H2,1-4H3. The molecule has 0 aliphatic heterocycles. The quantitative estimate of drug-likeness (QED) is 0.651. The molecule has 0 aliphatic carbocycles. The van der Waals surface area contributed by atoms with E-state index >= 15 is 0 Å². The first-order chi connectivity index (χ1) is 7.49. The van der Waals surface area contributed by atoms with Crippen molar-refractivity contribution < 1.29 is 14.3 Å². The van der Waals surface area contributed by atoms with Gasteiger partial charge in [0.2, 0.25) is 0 Å². The van der Waals surface area contributed by atoms with Gasteiger partial charge in [0, 0.05) is 27.3 Å². The predicted octanol–water partition coefficient (Wildman–Crippen LogP) is 0.235. The molecule has 0 aliphatic rings. The van der Waals surface area contributed by atoms with E-state index in [9.17, 15) is 4.79 Å². The van der Waals surface area contributed by atoms with Crippen molar-refractivity contribution in [1.29, 1.82) is 0 Å². The van der Waals surface area contributed by atoms with Crippen LogP contribution < -0.4 is 5.73 Å². The summed E-state index contributed by atoms with van der Waals surface area (Å²) in [4.78, 5) is 13.8. The third-order valence-electron chi connectivity index (χ3n) is 2.51. The van der Waals surface area contributed by atoms with Gasteiger partial charge in [-0.25, -0.2) is 0 Å². The van der Waals surface area contributed by atoms with Gasteiger partial charge in [0.1, 0.15) is 5.60 Å². The average Bonchev–Trinajstić information content (AvgIpc) is 2.28. The summed E-state index contributed by atoms with van der Waals surface area (Å²) >= 11 is 0. The Morgan fingerprint density at radius 1 is 1.31 bits per heavy atom. The summed E-state index contributed by atoms with van der Waals surface area (Å²) in [6.45, 7) is 5.84. The summed E-state index contributed by atoms with van der Waals surface area (Å²) in [7, 11) is 3.16. The van der Waals surface area contributed by atoms with E-state index in [1.807, 2.05) is 0 Å². The molecule has 0 aromatic rings. The predicted molar refractivity (Wildman–Crippen MR) is 63.2 cm³/mol. The monoisotopic (exact) mass is 232 g/mol. The van der Waals surface area contributed by atoms with E-state index in [0.717, 1.165) is 6.42 Å². The molecule has 0 atom stereocenters. The van der Waals surface area contributed by atoms with E-state index in [1.165, 1.54) is 7.11 Å². The molecule has 0 bridgehead atoms. The normalized spacial score (nSPS) is 11.6. The molecule has 1 amide bonds. The SMILES string of the molecule is COCCN(CCCN)C(=O)C(C)(C)OC. The number of rotatable bonds is 8. The molecular formula is C11H24N2O3. The highest BCUT2D eigenvalue weighted by molar-refractivity contribution is 5.84. The Labute approximate surface area is 97.9 Å². The van der Waals surface area contributed by atoms with Crippen molar-refractivity contribution in [2.24, 2.45) is 5.73 Å². The fraction of sp³-hybridized carbons (Fsp3) is 0.909. The lowest BCUT2D eigenvalue weighted by Gasteiger charge is -2.30. The van der Waals surface area contributed by atoms with E-state index < -0.39 is 5.60 Å². The summed E-state index contributed by atoms with van der Waals surface area (Å²) in [5.74, 6) is -0.0273. The number of carbonyl (C=O) groups excluding carboxylic acids is 1. The molecule has 96 valence electrons. The maximum Gasteiger partial charge on any atom is 0.254 e. The minimum Gasteiger partial charge on any atom is -0.383 e. The highest BCUT2D eigenvalue weighted by Gasteiger charge is 2.31. The van der Waals surface area contributed by atoms with Gasteiger partial charge in [-0.05, 0) is 26.8 Å². The van der Waals surface area contributed by atoms with Gasteiger partial charge in [0.15, 0.2) is 0 Å². The number of nitrogens with zero attached hydrogens (tertiary/aromatic N) is 1. The average molecular weight is 232 g/mol. The van der Waals surface area contributed by atoms with Crippen molar-refractivity contribution in [3.8, 4) is 0 Å². The molecule has 0 aromatic heterocycles. The van der Waals surface area contributed by atoms with Gasteiger partial charge >= 0.3 is 0 Å². The topological polar surface area (TPSA) is 64.8 Å². The maximum absolute atomic E-state index is 12.1. The second-order valence-corrected chi connectivity index (χ2v) is 4.14. The third kappa shape index (κ3) is 4.92. The van der Waals surface area contributed by atoms with Crippen molar-refractivity contribution in [3.63, 3.8) is 0 Å². The Balaban J connectivity index is 4.42. The van der Waals surface area contributed by atoms with E-state index in [-0.39, 0.29) is 5.91 Å². The Bertz CT molecular complexity index is 199. The highest BCUT2D eigenvalue weighted by atomic mass is 16.5.